The molecular formula is C10H15ClN2. The van der Waals surface area contributed by atoms with Crippen LogP contribution in [0.5, 0.6) is 0 Å². The summed E-state index contributed by atoms with van der Waals surface area (Å²) in [6.45, 7) is 2.52. The van der Waals surface area contributed by atoms with Crippen LogP contribution < -0.4 is 11.5 Å². The van der Waals surface area contributed by atoms with E-state index in [1.807, 2.05) is 18.2 Å². The van der Waals surface area contributed by atoms with Gasteiger partial charge in [-0.15, -0.1) is 0 Å². The van der Waals surface area contributed by atoms with Gasteiger partial charge in [0.2, 0.25) is 0 Å². The number of nitrogens with two attached hydrogens (primary N) is 2. The first-order valence-corrected chi connectivity index (χ1v) is 4.81. The molecule has 4 N–H and O–H groups in total. The van der Waals surface area contributed by atoms with Crippen molar-refractivity contribution in [1.29, 1.82) is 0 Å². The van der Waals surface area contributed by atoms with Crippen LogP contribution in [0.4, 0.5) is 0 Å². The predicted molar refractivity (Wildman–Crippen MR) is 56.8 cm³/mol. The summed E-state index contributed by atoms with van der Waals surface area (Å²) in [5.41, 5.74) is 13.5. The Hall–Kier alpha value is -0.570. The van der Waals surface area contributed by atoms with Crippen molar-refractivity contribution in [1.82, 2.24) is 0 Å². The third-order valence-electron chi connectivity index (χ3n) is 2.16. The number of halogens is 1. The Morgan fingerprint density at radius 1 is 1.46 bits per heavy atom. The molecular weight excluding hydrogens is 184 g/mol. The molecule has 0 saturated heterocycles. The highest BCUT2D eigenvalue weighted by Gasteiger charge is 2.10. The van der Waals surface area contributed by atoms with Crippen LogP contribution in [0.25, 0.3) is 0 Å². The van der Waals surface area contributed by atoms with Gasteiger partial charge in [-0.2, -0.15) is 0 Å². The Labute approximate surface area is 83.9 Å². The summed E-state index contributed by atoms with van der Waals surface area (Å²) in [6, 6.07) is 5.68. The molecule has 3 heteroatoms. The van der Waals surface area contributed by atoms with Crippen molar-refractivity contribution in [2.75, 3.05) is 6.54 Å². The van der Waals surface area contributed by atoms with E-state index in [9.17, 15) is 0 Å². The number of benzene rings is 1. The highest BCUT2D eigenvalue weighted by atomic mass is 35.5. The summed E-state index contributed by atoms with van der Waals surface area (Å²) in [5, 5.41) is 0.781. The average Bonchev–Trinajstić information content (AvgIpc) is 2.16. The average molecular weight is 199 g/mol. The van der Waals surface area contributed by atoms with Gasteiger partial charge >= 0.3 is 0 Å². The molecule has 0 bridgehead atoms. The van der Waals surface area contributed by atoms with Gasteiger partial charge in [0.15, 0.2) is 0 Å². The second kappa shape index (κ2) is 4.61. The summed E-state index contributed by atoms with van der Waals surface area (Å²) < 4.78 is 0. The molecule has 1 aromatic carbocycles. The maximum absolute atomic E-state index is 6.03. The Balaban J connectivity index is 3.12. The Kier molecular flexibility index (Phi) is 3.72. The van der Waals surface area contributed by atoms with E-state index in [-0.39, 0.29) is 6.04 Å². The lowest BCUT2D eigenvalue weighted by Gasteiger charge is -2.14. The lowest BCUT2D eigenvalue weighted by molar-refractivity contribution is 0.727. The van der Waals surface area contributed by atoms with Crippen molar-refractivity contribution in [3.05, 3.63) is 34.3 Å². The molecule has 0 aliphatic carbocycles. The molecule has 0 aliphatic rings. The third-order valence-corrected chi connectivity index (χ3v) is 2.52. The predicted octanol–water partition coefficient (Wildman–Crippen LogP) is 1.86. The lowest BCUT2D eigenvalue weighted by Crippen LogP contribution is -2.22. The fourth-order valence-electron chi connectivity index (χ4n) is 1.42. The Morgan fingerprint density at radius 2 is 2.15 bits per heavy atom. The smallest absolute Gasteiger partial charge is 0.0441 e. The maximum atomic E-state index is 6.03. The summed E-state index contributed by atoms with van der Waals surface area (Å²) in [4.78, 5) is 0. The number of hydrogen-bond donors (Lipinski definition) is 2. The minimum absolute atomic E-state index is 0.103. The third kappa shape index (κ3) is 2.21. The van der Waals surface area contributed by atoms with E-state index in [2.05, 4.69) is 6.92 Å². The lowest BCUT2D eigenvalue weighted by atomic mass is 9.99. The molecule has 0 aliphatic heterocycles. The van der Waals surface area contributed by atoms with Gasteiger partial charge in [-0.25, -0.2) is 0 Å². The summed E-state index contributed by atoms with van der Waals surface area (Å²) in [7, 11) is 0. The fourth-order valence-corrected chi connectivity index (χ4v) is 1.74. The monoisotopic (exact) mass is 198 g/mol. The van der Waals surface area contributed by atoms with Crippen LogP contribution in [-0.4, -0.2) is 6.54 Å². The Bertz CT molecular complexity index is 286. The van der Waals surface area contributed by atoms with E-state index in [4.69, 9.17) is 23.1 Å². The fraction of sp³-hybridized carbons (Fsp3) is 0.400. The van der Waals surface area contributed by atoms with E-state index < -0.39 is 0 Å². The van der Waals surface area contributed by atoms with Crippen molar-refractivity contribution in [3.8, 4) is 0 Å². The van der Waals surface area contributed by atoms with Crippen LogP contribution in [0, 0.1) is 0 Å². The summed E-state index contributed by atoms with van der Waals surface area (Å²) in [6.07, 6.45) is 0.892. The normalized spacial score (nSPS) is 12.9. The van der Waals surface area contributed by atoms with Crippen LogP contribution >= 0.6 is 11.6 Å². The molecule has 0 heterocycles. The SMILES string of the molecule is CCc1c(Cl)cccc1[C@@H](N)CN. The zero-order chi connectivity index (χ0) is 9.84. The molecule has 0 radical (unpaired) electrons. The van der Waals surface area contributed by atoms with Gasteiger partial charge in [0.05, 0.1) is 0 Å². The van der Waals surface area contributed by atoms with E-state index in [1.165, 1.54) is 0 Å². The van der Waals surface area contributed by atoms with Gasteiger partial charge < -0.3 is 11.5 Å². The quantitative estimate of drug-likeness (QED) is 0.779. The zero-order valence-electron chi connectivity index (χ0n) is 7.76. The van der Waals surface area contributed by atoms with Crippen molar-refractivity contribution in [3.63, 3.8) is 0 Å². The molecule has 1 rings (SSSR count). The summed E-state index contributed by atoms with van der Waals surface area (Å²) in [5.74, 6) is 0. The molecule has 2 nitrogen and oxygen atoms in total. The van der Waals surface area contributed by atoms with Gasteiger partial charge in [0.25, 0.3) is 0 Å². The van der Waals surface area contributed by atoms with E-state index >= 15 is 0 Å². The number of rotatable bonds is 3. The van der Waals surface area contributed by atoms with E-state index in [1.54, 1.807) is 0 Å². The van der Waals surface area contributed by atoms with E-state index in [0.29, 0.717) is 6.54 Å². The first-order chi connectivity index (χ1) is 6.20. The topological polar surface area (TPSA) is 52.0 Å². The molecule has 0 amide bonds. The minimum Gasteiger partial charge on any atom is -0.329 e. The largest absolute Gasteiger partial charge is 0.329 e. The first-order valence-electron chi connectivity index (χ1n) is 4.43. The van der Waals surface area contributed by atoms with Crippen molar-refractivity contribution >= 4 is 11.6 Å². The second-order valence-corrected chi connectivity index (χ2v) is 3.41. The molecule has 1 atom stereocenters. The Morgan fingerprint density at radius 3 is 2.69 bits per heavy atom. The molecule has 13 heavy (non-hydrogen) atoms. The maximum Gasteiger partial charge on any atom is 0.0441 e. The molecule has 0 saturated carbocycles. The zero-order valence-corrected chi connectivity index (χ0v) is 8.51. The molecule has 0 spiro atoms. The van der Waals surface area contributed by atoms with Gasteiger partial charge in [-0.3, -0.25) is 0 Å². The van der Waals surface area contributed by atoms with Gasteiger partial charge in [-0.1, -0.05) is 30.7 Å². The van der Waals surface area contributed by atoms with Gasteiger partial charge in [0.1, 0.15) is 0 Å². The molecule has 1 aromatic rings. The van der Waals surface area contributed by atoms with Crippen LogP contribution in [0.15, 0.2) is 18.2 Å². The van der Waals surface area contributed by atoms with Gasteiger partial charge in [0, 0.05) is 17.6 Å². The van der Waals surface area contributed by atoms with Crippen molar-refractivity contribution in [2.45, 2.75) is 19.4 Å². The molecule has 72 valence electrons. The van der Waals surface area contributed by atoms with Crippen molar-refractivity contribution in [2.24, 2.45) is 11.5 Å². The van der Waals surface area contributed by atoms with Crippen LogP contribution in [-0.2, 0) is 6.42 Å². The minimum atomic E-state index is -0.103. The standard InChI is InChI=1S/C10H15ClN2/c1-2-7-8(10(13)6-12)4-3-5-9(7)11/h3-5,10H,2,6,12-13H2,1H3/t10-/m0/s1. The highest BCUT2D eigenvalue weighted by molar-refractivity contribution is 6.31. The van der Waals surface area contributed by atoms with Crippen LogP contribution in [0.1, 0.15) is 24.1 Å². The summed E-state index contributed by atoms with van der Waals surface area (Å²) >= 11 is 6.03. The molecule has 0 aromatic heterocycles. The molecule has 0 fully saturated rings. The second-order valence-electron chi connectivity index (χ2n) is 3.00. The molecule has 0 unspecified atom stereocenters. The number of hydrogen-bond acceptors (Lipinski definition) is 2. The van der Waals surface area contributed by atoms with Gasteiger partial charge in [-0.05, 0) is 23.6 Å². The van der Waals surface area contributed by atoms with Crippen molar-refractivity contribution < 1.29 is 0 Å². The van der Waals surface area contributed by atoms with Crippen LogP contribution in [0.2, 0.25) is 5.02 Å². The van der Waals surface area contributed by atoms with E-state index in [0.717, 1.165) is 22.6 Å². The highest BCUT2D eigenvalue weighted by Crippen LogP contribution is 2.23. The first kappa shape index (κ1) is 10.5. The van der Waals surface area contributed by atoms with Crippen LogP contribution in [0.3, 0.4) is 0 Å².